The third-order valence-electron chi connectivity index (χ3n) is 2.84. The zero-order valence-corrected chi connectivity index (χ0v) is 12.3. The first kappa shape index (κ1) is 16.0. The van der Waals surface area contributed by atoms with Crippen molar-refractivity contribution in [2.24, 2.45) is 0 Å². The fourth-order valence-electron chi connectivity index (χ4n) is 1.92. The molecule has 1 N–H and O–H groups in total. The Morgan fingerprint density at radius 2 is 2.05 bits per heavy atom. The van der Waals surface area contributed by atoms with E-state index >= 15 is 0 Å². The zero-order chi connectivity index (χ0) is 14.1. The lowest BCUT2D eigenvalue weighted by Gasteiger charge is -2.23. The molecule has 0 spiro atoms. The maximum atomic E-state index is 6.04. The van der Waals surface area contributed by atoms with Crippen LogP contribution >= 0.6 is 0 Å². The van der Waals surface area contributed by atoms with Crippen LogP contribution in [0.4, 0.5) is 0 Å². The lowest BCUT2D eigenvalue weighted by molar-refractivity contribution is -0.0392. The molecule has 0 bridgehead atoms. The van der Waals surface area contributed by atoms with Crippen LogP contribution in [0, 0.1) is 0 Å². The van der Waals surface area contributed by atoms with Gasteiger partial charge in [-0.1, -0.05) is 19.1 Å². The van der Waals surface area contributed by atoms with E-state index in [1.807, 2.05) is 25.1 Å². The highest BCUT2D eigenvalue weighted by atomic mass is 16.5. The number of nitrogens with one attached hydrogen (secondary N) is 1. The van der Waals surface area contributed by atoms with E-state index < -0.39 is 0 Å². The van der Waals surface area contributed by atoms with Crippen molar-refractivity contribution in [2.45, 2.75) is 26.1 Å². The maximum Gasteiger partial charge on any atom is 0.119 e. The minimum atomic E-state index is 0.000185. The molecule has 108 valence electrons. The second kappa shape index (κ2) is 8.91. The summed E-state index contributed by atoms with van der Waals surface area (Å²) < 4.78 is 16.4. The van der Waals surface area contributed by atoms with Crippen molar-refractivity contribution in [3.63, 3.8) is 0 Å². The lowest BCUT2D eigenvalue weighted by Crippen LogP contribution is -2.27. The van der Waals surface area contributed by atoms with Gasteiger partial charge in [0.1, 0.15) is 5.75 Å². The fraction of sp³-hybridized carbons (Fsp3) is 0.600. The SMILES string of the molecule is CCNCC(OC(C)COC)c1cccc(OC)c1. The van der Waals surface area contributed by atoms with Crippen molar-refractivity contribution in [2.75, 3.05) is 33.9 Å². The minimum absolute atomic E-state index is 0.000185. The first-order valence-electron chi connectivity index (χ1n) is 6.70. The number of methoxy groups -OCH3 is 2. The van der Waals surface area contributed by atoms with Crippen LogP contribution in [-0.4, -0.2) is 40.0 Å². The molecule has 4 nitrogen and oxygen atoms in total. The molecule has 2 atom stereocenters. The Hall–Kier alpha value is -1.10. The maximum absolute atomic E-state index is 6.04. The molecule has 0 saturated heterocycles. The van der Waals surface area contributed by atoms with Crippen LogP contribution in [0.3, 0.4) is 0 Å². The summed E-state index contributed by atoms with van der Waals surface area (Å²) in [6.07, 6.45) is 0.0556. The highest BCUT2D eigenvalue weighted by Crippen LogP contribution is 2.23. The van der Waals surface area contributed by atoms with Gasteiger partial charge < -0.3 is 19.5 Å². The molecule has 1 rings (SSSR count). The van der Waals surface area contributed by atoms with Crippen molar-refractivity contribution in [1.29, 1.82) is 0 Å². The summed E-state index contributed by atoms with van der Waals surface area (Å²) in [5, 5.41) is 3.33. The van der Waals surface area contributed by atoms with Gasteiger partial charge in [-0.05, 0) is 31.2 Å². The normalized spacial score (nSPS) is 14.1. The zero-order valence-electron chi connectivity index (χ0n) is 12.3. The van der Waals surface area contributed by atoms with E-state index in [1.54, 1.807) is 14.2 Å². The Labute approximate surface area is 116 Å². The summed E-state index contributed by atoms with van der Waals surface area (Å²) in [5.74, 6) is 0.849. The van der Waals surface area contributed by atoms with E-state index in [9.17, 15) is 0 Å². The topological polar surface area (TPSA) is 39.7 Å². The molecule has 0 radical (unpaired) electrons. The predicted molar refractivity (Wildman–Crippen MR) is 76.7 cm³/mol. The van der Waals surface area contributed by atoms with Crippen LogP contribution in [0.25, 0.3) is 0 Å². The molecule has 0 amide bonds. The van der Waals surface area contributed by atoms with E-state index in [2.05, 4.69) is 18.3 Å². The van der Waals surface area contributed by atoms with Gasteiger partial charge in [0, 0.05) is 13.7 Å². The summed E-state index contributed by atoms with van der Waals surface area (Å²) >= 11 is 0. The largest absolute Gasteiger partial charge is 0.497 e. The molecule has 4 heteroatoms. The van der Waals surface area contributed by atoms with Crippen molar-refractivity contribution >= 4 is 0 Å². The van der Waals surface area contributed by atoms with Gasteiger partial charge in [-0.2, -0.15) is 0 Å². The Morgan fingerprint density at radius 3 is 2.68 bits per heavy atom. The Balaban J connectivity index is 2.76. The van der Waals surface area contributed by atoms with E-state index in [0.717, 1.165) is 24.4 Å². The molecule has 0 aliphatic heterocycles. The van der Waals surface area contributed by atoms with E-state index in [-0.39, 0.29) is 12.2 Å². The van der Waals surface area contributed by atoms with Crippen LogP contribution in [0.2, 0.25) is 0 Å². The second-order valence-corrected chi connectivity index (χ2v) is 4.47. The first-order chi connectivity index (χ1) is 9.21. The van der Waals surface area contributed by atoms with Crippen LogP contribution in [0.15, 0.2) is 24.3 Å². The van der Waals surface area contributed by atoms with Crippen LogP contribution in [-0.2, 0) is 9.47 Å². The van der Waals surface area contributed by atoms with Crippen molar-refractivity contribution in [3.05, 3.63) is 29.8 Å². The molecular weight excluding hydrogens is 242 g/mol. The van der Waals surface area contributed by atoms with Gasteiger partial charge in [0.2, 0.25) is 0 Å². The van der Waals surface area contributed by atoms with Crippen molar-refractivity contribution in [3.8, 4) is 5.75 Å². The van der Waals surface area contributed by atoms with Gasteiger partial charge in [-0.25, -0.2) is 0 Å². The molecule has 0 aliphatic carbocycles. The summed E-state index contributed by atoms with van der Waals surface area (Å²) in [6.45, 7) is 6.39. The van der Waals surface area contributed by atoms with Gasteiger partial charge >= 0.3 is 0 Å². The molecule has 0 aromatic heterocycles. The number of hydrogen-bond donors (Lipinski definition) is 1. The quantitative estimate of drug-likeness (QED) is 0.746. The van der Waals surface area contributed by atoms with Crippen LogP contribution in [0.5, 0.6) is 5.75 Å². The molecule has 0 heterocycles. The monoisotopic (exact) mass is 267 g/mol. The smallest absolute Gasteiger partial charge is 0.119 e. The molecule has 0 saturated carbocycles. The summed E-state index contributed by atoms with van der Waals surface area (Å²) in [5.41, 5.74) is 1.11. The fourth-order valence-corrected chi connectivity index (χ4v) is 1.92. The lowest BCUT2D eigenvalue weighted by atomic mass is 10.1. The number of likely N-dealkylation sites (N-methyl/N-ethyl adjacent to an activating group) is 1. The number of rotatable bonds is 9. The molecule has 0 aliphatic rings. The van der Waals surface area contributed by atoms with Gasteiger partial charge in [0.15, 0.2) is 0 Å². The van der Waals surface area contributed by atoms with E-state index in [0.29, 0.717) is 6.61 Å². The van der Waals surface area contributed by atoms with Crippen molar-refractivity contribution < 1.29 is 14.2 Å². The standard InChI is InChI=1S/C15H25NO3/c1-5-16-10-15(19-12(2)11-17-3)13-7-6-8-14(9-13)18-4/h6-9,12,15-16H,5,10-11H2,1-4H3. The van der Waals surface area contributed by atoms with Gasteiger partial charge in [0.25, 0.3) is 0 Å². The minimum Gasteiger partial charge on any atom is -0.497 e. The molecular formula is C15H25NO3. The third kappa shape index (κ3) is 5.59. The Morgan fingerprint density at radius 1 is 1.26 bits per heavy atom. The van der Waals surface area contributed by atoms with Gasteiger partial charge in [-0.3, -0.25) is 0 Å². The third-order valence-corrected chi connectivity index (χ3v) is 2.84. The molecule has 19 heavy (non-hydrogen) atoms. The molecule has 1 aromatic carbocycles. The summed E-state index contributed by atoms with van der Waals surface area (Å²) in [6, 6.07) is 8.00. The first-order valence-corrected chi connectivity index (χ1v) is 6.70. The van der Waals surface area contributed by atoms with Crippen LogP contribution in [0.1, 0.15) is 25.5 Å². The summed E-state index contributed by atoms with van der Waals surface area (Å²) in [7, 11) is 3.36. The average molecular weight is 267 g/mol. The average Bonchev–Trinajstić information content (AvgIpc) is 2.43. The Bertz CT molecular complexity index is 357. The number of ether oxygens (including phenoxy) is 3. The summed E-state index contributed by atoms with van der Waals surface area (Å²) in [4.78, 5) is 0. The van der Waals surface area contributed by atoms with Crippen LogP contribution < -0.4 is 10.1 Å². The van der Waals surface area contributed by atoms with Gasteiger partial charge in [-0.15, -0.1) is 0 Å². The molecule has 1 aromatic rings. The van der Waals surface area contributed by atoms with E-state index in [4.69, 9.17) is 14.2 Å². The second-order valence-electron chi connectivity index (χ2n) is 4.47. The number of benzene rings is 1. The Kier molecular flexibility index (Phi) is 7.48. The van der Waals surface area contributed by atoms with E-state index in [1.165, 1.54) is 0 Å². The molecule has 0 fully saturated rings. The van der Waals surface area contributed by atoms with Crippen molar-refractivity contribution in [1.82, 2.24) is 5.32 Å². The highest BCUT2D eigenvalue weighted by Gasteiger charge is 2.16. The molecule has 2 unspecified atom stereocenters. The predicted octanol–water partition coefficient (Wildman–Crippen LogP) is 2.40. The highest BCUT2D eigenvalue weighted by molar-refractivity contribution is 5.30. The number of hydrogen-bond acceptors (Lipinski definition) is 4. The van der Waals surface area contributed by atoms with Gasteiger partial charge in [0.05, 0.1) is 25.9 Å².